The summed E-state index contributed by atoms with van der Waals surface area (Å²) in [6, 6.07) is 4.72. The lowest BCUT2D eigenvalue weighted by Crippen LogP contribution is -2.13. The van der Waals surface area contributed by atoms with Crippen LogP contribution in [-0.4, -0.2) is 16.1 Å². The van der Waals surface area contributed by atoms with E-state index >= 15 is 0 Å². The van der Waals surface area contributed by atoms with E-state index in [1.54, 1.807) is 12.1 Å². The van der Waals surface area contributed by atoms with Gasteiger partial charge in [-0.15, -0.1) is 0 Å². The lowest BCUT2D eigenvalue weighted by Gasteiger charge is -2.05. The summed E-state index contributed by atoms with van der Waals surface area (Å²) in [6.07, 6.45) is 0. The number of aromatic amines is 1. The van der Waals surface area contributed by atoms with Crippen molar-refractivity contribution in [1.29, 1.82) is 0 Å². The number of nitrogens with one attached hydrogen (secondary N) is 2. The SMILES string of the molecule is Cc1[nH]nc(NC(=O)c2ccc(Cl)cc2Cl)c1C. The van der Waals surface area contributed by atoms with Gasteiger partial charge in [0.05, 0.1) is 10.6 Å². The first-order valence-electron chi connectivity index (χ1n) is 5.27. The maximum absolute atomic E-state index is 12.0. The van der Waals surface area contributed by atoms with E-state index in [9.17, 15) is 4.79 Å². The number of amides is 1. The van der Waals surface area contributed by atoms with Gasteiger partial charge in [-0.2, -0.15) is 5.10 Å². The van der Waals surface area contributed by atoms with Crippen LogP contribution in [-0.2, 0) is 0 Å². The Morgan fingerprint density at radius 1 is 1.33 bits per heavy atom. The number of H-pyrrole nitrogens is 1. The molecule has 2 N–H and O–H groups in total. The second-order valence-electron chi connectivity index (χ2n) is 3.90. The average Bonchev–Trinajstić information content (AvgIpc) is 2.61. The number of anilines is 1. The molecule has 6 heteroatoms. The second-order valence-corrected chi connectivity index (χ2v) is 4.74. The summed E-state index contributed by atoms with van der Waals surface area (Å²) in [5.41, 5.74) is 2.17. The summed E-state index contributed by atoms with van der Waals surface area (Å²) in [5.74, 6) is 0.190. The molecule has 1 aromatic heterocycles. The van der Waals surface area contributed by atoms with Crippen molar-refractivity contribution in [1.82, 2.24) is 10.2 Å². The Morgan fingerprint density at radius 2 is 2.06 bits per heavy atom. The highest BCUT2D eigenvalue weighted by molar-refractivity contribution is 6.37. The average molecular weight is 284 g/mol. The fourth-order valence-electron chi connectivity index (χ4n) is 1.46. The molecular formula is C12H11Cl2N3O. The number of aromatic nitrogens is 2. The van der Waals surface area contributed by atoms with E-state index in [0.29, 0.717) is 21.4 Å². The van der Waals surface area contributed by atoms with E-state index in [4.69, 9.17) is 23.2 Å². The van der Waals surface area contributed by atoms with E-state index < -0.39 is 0 Å². The summed E-state index contributed by atoms with van der Waals surface area (Å²) in [7, 11) is 0. The Morgan fingerprint density at radius 3 is 2.61 bits per heavy atom. The summed E-state index contributed by atoms with van der Waals surface area (Å²) >= 11 is 11.7. The molecule has 0 spiro atoms. The van der Waals surface area contributed by atoms with Crippen LogP contribution in [0.25, 0.3) is 0 Å². The third-order valence-electron chi connectivity index (χ3n) is 2.66. The fourth-order valence-corrected chi connectivity index (χ4v) is 1.95. The van der Waals surface area contributed by atoms with Crippen LogP contribution in [0, 0.1) is 13.8 Å². The van der Waals surface area contributed by atoms with Gasteiger partial charge in [0.2, 0.25) is 0 Å². The summed E-state index contributed by atoms with van der Waals surface area (Å²) in [6.45, 7) is 3.76. The topological polar surface area (TPSA) is 57.8 Å². The van der Waals surface area contributed by atoms with Crippen LogP contribution in [0.15, 0.2) is 18.2 Å². The summed E-state index contributed by atoms with van der Waals surface area (Å²) < 4.78 is 0. The molecule has 1 amide bonds. The highest BCUT2D eigenvalue weighted by Crippen LogP contribution is 2.22. The van der Waals surface area contributed by atoms with Crippen molar-refractivity contribution in [3.63, 3.8) is 0 Å². The van der Waals surface area contributed by atoms with Gasteiger partial charge in [0.25, 0.3) is 5.91 Å². The van der Waals surface area contributed by atoms with Crippen molar-refractivity contribution >= 4 is 34.9 Å². The van der Waals surface area contributed by atoms with Gasteiger partial charge < -0.3 is 5.32 Å². The Balaban J connectivity index is 2.25. The van der Waals surface area contributed by atoms with E-state index in [1.807, 2.05) is 13.8 Å². The molecule has 0 atom stereocenters. The molecule has 1 heterocycles. The van der Waals surface area contributed by atoms with Crippen LogP contribution in [0.4, 0.5) is 5.82 Å². The van der Waals surface area contributed by atoms with Gasteiger partial charge in [0, 0.05) is 16.3 Å². The number of benzene rings is 1. The molecule has 94 valence electrons. The normalized spacial score (nSPS) is 10.4. The van der Waals surface area contributed by atoms with Gasteiger partial charge >= 0.3 is 0 Å². The van der Waals surface area contributed by atoms with Crippen LogP contribution in [0.5, 0.6) is 0 Å². The van der Waals surface area contributed by atoms with Crippen molar-refractivity contribution in [2.75, 3.05) is 5.32 Å². The largest absolute Gasteiger partial charge is 0.305 e. The van der Waals surface area contributed by atoms with Crippen LogP contribution in [0.1, 0.15) is 21.6 Å². The standard InChI is InChI=1S/C12H11Cl2N3O/c1-6-7(2)16-17-11(6)15-12(18)9-4-3-8(13)5-10(9)14/h3-5H,1-2H3,(H2,15,16,17,18). The Hall–Kier alpha value is -1.52. The number of carbonyl (C=O) groups is 1. The van der Waals surface area contributed by atoms with Crippen LogP contribution < -0.4 is 5.32 Å². The number of carbonyl (C=O) groups excluding carboxylic acids is 1. The minimum Gasteiger partial charge on any atom is -0.305 e. The van der Waals surface area contributed by atoms with Gasteiger partial charge in [-0.3, -0.25) is 9.89 Å². The number of hydrogen-bond donors (Lipinski definition) is 2. The first-order chi connectivity index (χ1) is 8.49. The first-order valence-corrected chi connectivity index (χ1v) is 6.02. The van der Waals surface area contributed by atoms with Gasteiger partial charge in [0.1, 0.15) is 0 Å². The van der Waals surface area contributed by atoms with Crippen molar-refractivity contribution in [3.8, 4) is 0 Å². The molecule has 2 rings (SSSR count). The van der Waals surface area contributed by atoms with E-state index in [2.05, 4.69) is 15.5 Å². The maximum Gasteiger partial charge on any atom is 0.258 e. The third kappa shape index (κ3) is 2.49. The van der Waals surface area contributed by atoms with Gasteiger partial charge in [-0.05, 0) is 32.0 Å². The molecule has 4 nitrogen and oxygen atoms in total. The molecule has 0 aliphatic rings. The number of rotatable bonds is 2. The fraction of sp³-hybridized carbons (Fsp3) is 0.167. The van der Waals surface area contributed by atoms with Gasteiger partial charge in [0.15, 0.2) is 5.82 Å². The highest BCUT2D eigenvalue weighted by atomic mass is 35.5. The number of halogens is 2. The molecule has 18 heavy (non-hydrogen) atoms. The van der Waals surface area contributed by atoms with Crippen molar-refractivity contribution in [2.45, 2.75) is 13.8 Å². The van der Waals surface area contributed by atoms with Crippen LogP contribution in [0.3, 0.4) is 0 Å². The van der Waals surface area contributed by atoms with Gasteiger partial charge in [-0.25, -0.2) is 0 Å². The Labute approximate surface area is 114 Å². The summed E-state index contributed by atoms with van der Waals surface area (Å²) in [5, 5.41) is 10.3. The quantitative estimate of drug-likeness (QED) is 0.885. The highest BCUT2D eigenvalue weighted by Gasteiger charge is 2.14. The van der Waals surface area contributed by atoms with E-state index in [-0.39, 0.29) is 5.91 Å². The second kappa shape index (κ2) is 5.00. The zero-order valence-corrected chi connectivity index (χ0v) is 11.4. The number of hydrogen-bond acceptors (Lipinski definition) is 2. The number of nitrogens with zero attached hydrogens (tertiary/aromatic N) is 1. The maximum atomic E-state index is 12.0. The predicted octanol–water partition coefficient (Wildman–Crippen LogP) is 3.59. The molecule has 0 saturated carbocycles. The molecule has 0 bridgehead atoms. The molecule has 0 aliphatic carbocycles. The lowest BCUT2D eigenvalue weighted by atomic mass is 10.2. The number of aryl methyl sites for hydroxylation is 1. The molecule has 0 aliphatic heterocycles. The van der Waals surface area contributed by atoms with Crippen LogP contribution >= 0.6 is 23.2 Å². The Kier molecular flexibility index (Phi) is 3.59. The molecule has 0 unspecified atom stereocenters. The molecule has 1 aromatic carbocycles. The lowest BCUT2D eigenvalue weighted by molar-refractivity contribution is 0.102. The van der Waals surface area contributed by atoms with Gasteiger partial charge in [-0.1, -0.05) is 23.2 Å². The zero-order valence-electron chi connectivity index (χ0n) is 9.84. The minimum atomic E-state index is -0.314. The first kappa shape index (κ1) is 12.9. The smallest absolute Gasteiger partial charge is 0.258 e. The summed E-state index contributed by atoms with van der Waals surface area (Å²) in [4.78, 5) is 12.0. The predicted molar refractivity (Wildman–Crippen MR) is 72.5 cm³/mol. The van der Waals surface area contributed by atoms with Crippen molar-refractivity contribution < 1.29 is 4.79 Å². The molecule has 0 saturated heterocycles. The monoisotopic (exact) mass is 283 g/mol. The van der Waals surface area contributed by atoms with Crippen molar-refractivity contribution in [2.24, 2.45) is 0 Å². The molecule has 0 fully saturated rings. The minimum absolute atomic E-state index is 0.310. The molecular weight excluding hydrogens is 273 g/mol. The molecule has 2 aromatic rings. The van der Waals surface area contributed by atoms with Crippen LogP contribution in [0.2, 0.25) is 10.0 Å². The Bertz CT molecular complexity index is 607. The zero-order chi connectivity index (χ0) is 13.3. The van der Waals surface area contributed by atoms with Crippen molar-refractivity contribution in [3.05, 3.63) is 45.1 Å². The van der Waals surface area contributed by atoms with E-state index in [1.165, 1.54) is 6.07 Å². The van der Waals surface area contributed by atoms with E-state index in [0.717, 1.165) is 11.3 Å². The molecule has 0 radical (unpaired) electrons. The third-order valence-corrected chi connectivity index (χ3v) is 3.21.